The van der Waals surface area contributed by atoms with E-state index in [0.717, 1.165) is 25.8 Å². The second kappa shape index (κ2) is 4.23. The van der Waals surface area contributed by atoms with Crippen molar-refractivity contribution >= 4 is 9.84 Å². The van der Waals surface area contributed by atoms with Crippen molar-refractivity contribution < 1.29 is 8.42 Å². The summed E-state index contributed by atoms with van der Waals surface area (Å²) in [5.41, 5.74) is 0. The molecule has 1 heterocycles. The monoisotopic (exact) mass is 191 g/mol. The van der Waals surface area contributed by atoms with Crippen LogP contribution in [0.5, 0.6) is 0 Å². The molecule has 0 radical (unpaired) electrons. The Balaban J connectivity index is 2.36. The molecular weight excluding hydrogens is 174 g/mol. The van der Waals surface area contributed by atoms with Gasteiger partial charge in [-0.3, -0.25) is 0 Å². The minimum Gasteiger partial charge on any atom is -0.320 e. The molecule has 0 aromatic carbocycles. The van der Waals surface area contributed by atoms with Crippen molar-refractivity contribution in [1.82, 2.24) is 5.32 Å². The van der Waals surface area contributed by atoms with E-state index >= 15 is 0 Å². The van der Waals surface area contributed by atoms with E-state index in [4.69, 9.17) is 0 Å². The first-order chi connectivity index (χ1) is 5.64. The summed E-state index contributed by atoms with van der Waals surface area (Å²) in [5, 5.41) is 3.05. The predicted octanol–water partition coefficient (Wildman–Crippen LogP) is 0.421. The van der Waals surface area contributed by atoms with E-state index in [1.165, 1.54) is 0 Å². The Morgan fingerprint density at radius 3 is 2.83 bits per heavy atom. The summed E-state index contributed by atoms with van der Waals surface area (Å²) in [6.45, 7) is 0.931. The van der Waals surface area contributed by atoms with E-state index < -0.39 is 9.84 Å². The summed E-state index contributed by atoms with van der Waals surface area (Å²) in [6, 6.07) is 0. The van der Waals surface area contributed by atoms with Crippen LogP contribution in [0.3, 0.4) is 0 Å². The van der Waals surface area contributed by atoms with E-state index in [9.17, 15) is 8.42 Å². The molecule has 0 amide bonds. The normalized spacial score (nSPS) is 28.6. The highest BCUT2D eigenvalue weighted by molar-refractivity contribution is 7.91. The number of hydrogen-bond acceptors (Lipinski definition) is 3. The summed E-state index contributed by atoms with van der Waals surface area (Å²) >= 11 is 0. The molecule has 1 rings (SSSR count). The van der Waals surface area contributed by atoms with E-state index in [-0.39, 0.29) is 0 Å². The predicted molar refractivity (Wildman–Crippen MR) is 49.9 cm³/mol. The SMILES string of the molecule is CNCCC1CCCS(=O)(=O)C1. The molecule has 1 saturated heterocycles. The van der Waals surface area contributed by atoms with Crippen LogP contribution in [0.4, 0.5) is 0 Å². The van der Waals surface area contributed by atoms with Crippen LogP contribution < -0.4 is 5.32 Å². The number of nitrogens with one attached hydrogen (secondary N) is 1. The van der Waals surface area contributed by atoms with Gasteiger partial charge in [0.2, 0.25) is 0 Å². The first-order valence-electron chi connectivity index (χ1n) is 4.49. The zero-order valence-corrected chi connectivity index (χ0v) is 8.36. The van der Waals surface area contributed by atoms with E-state index in [1.54, 1.807) is 0 Å². The smallest absolute Gasteiger partial charge is 0.150 e. The third-order valence-corrected chi connectivity index (χ3v) is 4.25. The Bertz CT molecular complexity index is 223. The second-order valence-corrected chi connectivity index (χ2v) is 5.74. The van der Waals surface area contributed by atoms with Crippen LogP contribution in [-0.4, -0.2) is 33.5 Å². The van der Waals surface area contributed by atoms with E-state index in [1.807, 2.05) is 7.05 Å². The number of hydrogen-bond donors (Lipinski definition) is 1. The first-order valence-corrected chi connectivity index (χ1v) is 6.31. The molecular formula is C8H17NO2S. The Morgan fingerprint density at radius 1 is 1.50 bits per heavy atom. The van der Waals surface area contributed by atoms with Gasteiger partial charge in [-0.15, -0.1) is 0 Å². The maximum absolute atomic E-state index is 11.2. The summed E-state index contributed by atoms with van der Waals surface area (Å²) in [5.74, 6) is 1.22. The highest BCUT2D eigenvalue weighted by Gasteiger charge is 2.23. The molecule has 1 aliphatic heterocycles. The van der Waals surface area contributed by atoms with Crippen LogP contribution >= 0.6 is 0 Å². The lowest BCUT2D eigenvalue weighted by molar-refractivity contribution is 0.451. The van der Waals surface area contributed by atoms with E-state index in [2.05, 4.69) is 5.32 Å². The van der Waals surface area contributed by atoms with Crippen LogP contribution in [0.2, 0.25) is 0 Å². The minimum atomic E-state index is -2.69. The van der Waals surface area contributed by atoms with Gasteiger partial charge in [0.05, 0.1) is 11.5 Å². The quantitative estimate of drug-likeness (QED) is 0.703. The van der Waals surface area contributed by atoms with Gasteiger partial charge in [-0.05, 0) is 38.8 Å². The fraction of sp³-hybridized carbons (Fsp3) is 1.00. The molecule has 1 aliphatic rings. The van der Waals surface area contributed by atoms with Crippen molar-refractivity contribution in [2.24, 2.45) is 5.92 Å². The summed E-state index contributed by atoms with van der Waals surface area (Å²) in [7, 11) is -0.790. The lowest BCUT2D eigenvalue weighted by atomic mass is 10.0. The molecule has 0 spiro atoms. The van der Waals surface area contributed by atoms with Crippen molar-refractivity contribution in [2.45, 2.75) is 19.3 Å². The summed E-state index contributed by atoms with van der Waals surface area (Å²) < 4.78 is 22.4. The third-order valence-electron chi connectivity index (χ3n) is 2.36. The second-order valence-electron chi connectivity index (χ2n) is 3.51. The van der Waals surface area contributed by atoms with Crippen LogP contribution in [-0.2, 0) is 9.84 Å². The molecule has 12 heavy (non-hydrogen) atoms. The Morgan fingerprint density at radius 2 is 2.25 bits per heavy atom. The lowest BCUT2D eigenvalue weighted by Gasteiger charge is -2.21. The fourth-order valence-corrected chi connectivity index (χ4v) is 3.52. The highest BCUT2D eigenvalue weighted by Crippen LogP contribution is 2.20. The van der Waals surface area contributed by atoms with Crippen LogP contribution in [0.25, 0.3) is 0 Å². The minimum absolute atomic E-state index is 0.399. The van der Waals surface area contributed by atoms with Gasteiger partial charge in [-0.25, -0.2) is 8.42 Å². The number of sulfone groups is 1. The van der Waals surface area contributed by atoms with Gasteiger partial charge in [-0.1, -0.05) is 0 Å². The summed E-state index contributed by atoms with van der Waals surface area (Å²) in [4.78, 5) is 0. The van der Waals surface area contributed by atoms with Crippen LogP contribution in [0.15, 0.2) is 0 Å². The summed E-state index contributed by atoms with van der Waals surface area (Å²) in [6.07, 6.45) is 2.94. The zero-order chi connectivity index (χ0) is 9.03. The average Bonchev–Trinajstić information content (AvgIpc) is 1.99. The molecule has 0 aromatic heterocycles. The highest BCUT2D eigenvalue weighted by atomic mass is 32.2. The molecule has 0 aliphatic carbocycles. The number of rotatable bonds is 3. The molecule has 3 nitrogen and oxygen atoms in total. The van der Waals surface area contributed by atoms with Gasteiger partial charge in [0.15, 0.2) is 9.84 Å². The first kappa shape index (κ1) is 9.99. The topological polar surface area (TPSA) is 46.2 Å². The third kappa shape index (κ3) is 3.11. The molecule has 0 bridgehead atoms. The maximum atomic E-state index is 11.2. The Labute approximate surface area is 74.5 Å². The van der Waals surface area contributed by atoms with Crippen molar-refractivity contribution in [1.29, 1.82) is 0 Å². The average molecular weight is 191 g/mol. The van der Waals surface area contributed by atoms with Gasteiger partial charge < -0.3 is 5.32 Å². The molecule has 0 saturated carbocycles. The van der Waals surface area contributed by atoms with Gasteiger partial charge in [0.1, 0.15) is 0 Å². The zero-order valence-electron chi connectivity index (χ0n) is 7.54. The molecule has 1 N–H and O–H groups in total. The lowest BCUT2D eigenvalue weighted by Crippen LogP contribution is -2.27. The molecule has 1 unspecified atom stereocenters. The molecule has 0 aromatic rings. The van der Waals surface area contributed by atoms with Crippen molar-refractivity contribution in [3.8, 4) is 0 Å². The largest absolute Gasteiger partial charge is 0.320 e. The Hall–Kier alpha value is -0.0900. The fourth-order valence-electron chi connectivity index (χ4n) is 1.69. The van der Waals surface area contributed by atoms with Gasteiger partial charge in [-0.2, -0.15) is 0 Å². The van der Waals surface area contributed by atoms with E-state index in [0.29, 0.717) is 17.4 Å². The molecule has 72 valence electrons. The van der Waals surface area contributed by atoms with Crippen molar-refractivity contribution in [2.75, 3.05) is 25.1 Å². The molecule has 1 atom stereocenters. The maximum Gasteiger partial charge on any atom is 0.150 e. The Kier molecular flexibility index (Phi) is 3.53. The van der Waals surface area contributed by atoms with Crippen molar-refractivity contribution in [3.05, 3.63) is 0 Å². The molecule has 1 fully saturated rings. The van der Waals surface area contributed by atoms with Crippen LogP contribution in [0, 0.1) is 5.92 Å². The van der Waals surface area contributed by atoms with Gasteiger partial charge >= 0.3 is 0 Å². The standard InChI is InChI=1S/C8H17NO2S/c1-9-5-4-8-3-2-6-12(10,11)7-8/h8-9H,2-7H2,1H3. The van der Waals surface area contributed by atoms with Crippen molar-refractivity contribution in [3.63, 3.8) is 0 Å². The van der Waals surface area contributed by atoms with Gasteiger partial charge in [0.25, 0.3) is 0 Å². The molecule has 4 heteroatoms. The van der Waals surface area contributed by atoms with Gasteiger partial charge in [0, 0.05) is 0 Å². The van der Waals surface area contributed by atoms with Crippen LogP contribution in [0.1, 0.15) is 19.3 Å².